The maximum Gasteiger partial charge on any atom is 0.435 e. The molecule has 0 bridgehead atoms. The average Bonchev–Trinajstić information content (AvgIpc) is 2.79. The van der Waals surface area contributed by atoms with Gasteiger partial charge in [-0.05, 0) is 12.2 Å². The molecule has 130 valence electrons. The van der Waals surface area contributed by atoms with Gasteiger partial charge in [-0.25, -0.2) is 0 Å². The van der Waals surface area contributed by atoms with Crippen molar-refractivity contribution in [2.24, 2.45) is 13.0 Å². The van der Waals surface area contributed by atoms with Crippen LogP contribution < -0.4 is 5.32 Å². The zero-order chi connectivity index (χ0) is 18.3. The Balaban J connectivity index is 2.39. The Bertz CT molecular complexity index is 757. The number of nitrogens with zero attached hydrogens (tertiary/aromatic N) is 2. The van der Waals surface area contributed by atoms with E-state index >= 15 is 0 Å². The van der Waals surface area contributed by atoms with E-state index in [1.54, 1.807) is 0 Å². The van der Waals surface area contributed by atoms with E-state index in [9.17, 15) is 27.9 Å². The van der Waals surface area contributed by atoms with Crippen LogP contribution in [0.15, 0.2) is 29.5 Å². The number of nitrogens with one attached hydrogen (secondary N) is 1. The number of aryl methyl sites for hydroxylation is 1. The molecule has 0 aromatic carbocycles. The first-order chi connectivity index (χ1) is 10.9. The van der Waals surface area contributed by atoms with Gasteiger partial charge in [0.05, 0.1) is 5.56 Å². The first-order valence-electron chi connectivity index (χ1n) is 6.35. The summed E-state index contributed by atoms with van der Waals surface area (Å²) in [7, 11) is 1.21. The van der Waals surface area contributed by atoms with Crippen LogP contribution in [0.2, 0.25) is 0 Å². The van der Waals surface area contributed by atoms with Crippen molar-refractivity contribution in [3.63, 3.8) is 0 Å². The van der Waals surface area contributed by atoms with Crippen LogP contribution in [0.25, 0.3) is 0 Å². The highest BCUT2D eigenvalue weighted by molar-refractivity contribution is 6.34. The minimum atomic E-state index is -4.86. The second-order valence-corrected chi connectivity index (χ2v) is 6.05. The normalized spacial score (nSPS) is 23.8. The highest BCUT2D eigenvalue weighted by Gasteiger charge is 2.44. The quantitative estimate of drug-likeness (QED) is 0.620. The van der Waals surface area contributed by atoms with Gasteiger partial charge >= 0.3 is 12.1 Å². The number of hydrogen-bond donors (Lipinski definition) is 2. The third-order valence-corrected chi connectivity index (χ3v) is 3.84. The molecule has 6 nitrogen and oxygen atoms in total. The van der Waals surface area contributed by atoms with E-state index in [4.69, 9.17) is 23.2 Å². The molecule has 1 aliphatic carbocycles. The summed E-state index contributed by atoms with van der Waals surface area (Å²) in [6.07, 6.45) is -0.571. The zero-order valence-electron chi connectivity index (χ0n) is 11.9. The number of aliphatic carboxylic acids is 1. The molecular weight excluding hydrogens is 374 g/mol. The lowest BCUT2D eigenvalue weighted by Crippen LogP contribution is -2.51. The van der Waals surface area contributed by atoms with Crippen molar-refractivity contribution in [1.82, 2.24) is 15.1 Å². The number of aromatic nitrogens is 2. The molecule has 0 saturated carbocycles. The van der Waals surface area contributed by atoms with Gasteiger partial charge in [-0.3, -0.25) is 14.3 Å². The summed E-state index contributed by atoms with van der Waals surface area (Å²) in [6.45, 7) is 0. The molecule has 1 aliphatic rings. The summed E-state index contributed by atoms with van der Waals surface area (Å²) in [5, 5.41) is 14.5. The van der Waals surface area contributed by atoms with Crippen molar-refractivity contribution in [3.8, 4) is 0 Å². The van der Waals surface area contributed by atoms with Gasteiger partial charge in [0.1, 0.15) is 5.92 Å². The molecule has 0 fully saturated rings. The third-order valence-electron chi connectivity index (χ3n) is 3.16. The summed E-state index contributed by atoms with van der Waals surface area (Å²) in [5.41, 5.74) is -2.19. The fourth-order valence-electron chi connectivity index (χ4n) is 2.15. The molecule has 11 heteroatoms. The maximum atomic E-state index is 12.9. The van der Waals surface area contributed by atoms with Gasteiger partial charge in [-0.1, -0.05) is 29.3 Å². The second-order valence-electron chi connectivity index (χ2n) is 4.99. The van der Waals surface area contributed by atoms with Crippen molar-refractivity contribution in [2.45, 2.75) is 11.2 Å². The molecule has 1 heterocycles. The minimum absolute atomic E-state index is 0.0324. The molecule has 2 rings (SSSR count). The number of carbonyl (C=O) groups excluding carboxylic acids is 1. The Morgan fingerprint density at radius 2 is 2.08 bits per heavy atom. The summed E-state index contributed by atoms with van der Waals surface area (Å²) >= 11 is 11.9. The number of allylic oxidation sites excluding steroid dienone is 2. The van der Waals surface area contributed by atoms with Crippen LogP contribution in [0.4, 0.5) is 13.2 Å². The Hall–Kier alpha value is -2.00. The largest absolute Gasteiger partial charge is 0.481 e. The smallest absolute Gasteiger partial charge is 0.435 e. The number of hydrogen-bond acceptors (Lipinski definition) is 3. The Labute approximate surface area is 143 Å². The number of amides is 1. The molecular formula is C13H10Cl2F3N3O3. The first kappa shape index (κ1) is 18.3. The number of halogens is 5. The molecule has 2 unspecified atom stereocenters. The van der Waals surface area contributed by atoms with Gasteiger partial charge in [0.2, 0.25) is 0 Å². The van der Waals surface area contributed by atoms with Crippen molar-refractivity contribution >= 4 is 35.1 Å². The van der Waals surface area contributed by atoms with Gasteiger partial charge in [0, 0.05) is 18.3 Å². The predicted molar refractivity (Wildman–Crippen MR) is 78.5 cm³/mol. The number of carboxylic acids is 1. The van der Waals surface area contributed by atoms with Crippen molar-refractivity contribution in [3.05, 3.63) is 40.7 Å². The third kappa shape index (κ3) is 3.57. The average molecular weight is 384 g/mol. The van der Waals surface area contributed by atoms with Gasteiger partial charge in [0.15, 0.2) is 10.7 Å². The monoisotopic (exact) mass is 383 g/mol. The van der Waals surface area contributed by atoms with Crippen LogP contribution in [0.5, 0.6) is 0 Å². The minimum Gasteiger partial charge on any atom is -0.481 e. The van der Waals surface area contributed by atoms with Gasteiger partial charge < -0.3 is 10.4 Å². The second kappa shape index (κ2) is 6.14. The fraction of sp³-hybridized carbons (Fsp3) is 0.308. The fourth-order valence-corrected chi connectivity index (χ4v) is 2.82. The number of carbonyl (C=O) groups is 2. The lowest BCUT2D eigenvalue weighted by molar-refractivity contribution is -0.142. The van der Waals surface area contributed by atoms with Crippen LogP contribution in [0.3, 0.4) is 0 Å². The van der Waals surface area contributed by atoms with E-state index in [0.717, 1.165) is 23.0 Å². The maximum absolute atomic E-state index is 12.9. The van der Waals surface area contributed by atoms with Gasteiger partial charge in [-0.2, -0.15) is 18.3 Å². The SMILES string of the molecule is Cn1cc(C(=O)NC2(Cl)C=C(Cl)C=CC2C(=O)O)c(C(F)(F)F)n1. The first-order valence-corrected chi connectivity index (χ1v) is 7.11. The van der Waals surface area contributed by atoms with Crippen LogP contribution in [0, 0.1) is 5.92 Å². The highest BCUT2D eigenvalue weighted by Crippen LogP contribution is 2.35. The van der Waals surface area contributed by atoms with Gasteiger partial charge in [-0.15, -0.1) is 0 Å². The molecule has 2 N–H and O–H groups in total. The molecule has 0 radical (unpaired) electrons. The summed E-state index contributed by atoms with van der Waals surface area (Å²) in [6, 6.07) is 0. The molecule has 24 heavy (non-hydrogen) atoms. The molecule has 1 aromatic heterocycles. The molecule has 0 spiro atoms. The van der Waals surface area contributed by atoms with Crippen LogP contribution in [-0.4, -0.2) is 31.8 Å². The Morgan fingerprint density at radius 1 is 1.46 bits per heavy atom. The van der Waals surface area contributed by atoms with Gasteiger partial charge in [0.25, 0.3) is 5.91 Å². The van der Waals surface area contributed by atoms with E-state index in [1.807, 2.05) is 0 Å². The Morgan fingerprint density at radius 3 is 2.62 bits per heavy atom. The lowest BCUT2D eigenvalue weighted by Gasteiger charge is -2.31. The predicted octanol–water partition coefficient (Wildman–Crippen LogP) is 2.50. The van der Waals surface area contributed by atoms with E-state index in [-0.39, 0.29) is 5.03 Å². The lowest BCUT2D eigenvalue weighted by atomic mass is 9.94. The standard InChI is InChI=1S/C13H10Cl2F3N3O3/c1-21-5-7(9(20-21)13(16,17)18)10(22)19-12(15)4-6(14)2-3-8(12)11(23)24/h2-5,8H,1H3,(H,19,22)(H,23,24). The summed E-state index contributed by atoms with van der Waals surface area (Å²) < 4.78 is 39.6. The Kier molecular flexibility index (Phi) is 4.69. The van der Waals surface area contributed by atoms with E-state index in [1.165, 1.54) is 13.1 Å². The van der Waals surface area contributed by atoms with Crippen molar-refractivity contribution in [1.29, 1.82) is 0 Å². The summed E-state index contributed by atoms with van der Waals surface area (Å²) in [4.78, 5) is 21.5. The summed E-state index contributed by atoms with van der Waals surface area (Å²) in [5.74, 6) is -4.03. The number of carboxylic acid groups (broad SMARTS) is 1. The van der Waals surface area contributed by atoms with Crippen LogP contribution >= 0.6 is 23.2 Å². The van der Waals surface area contributed by atoms with E-state index in [0.29, 0.717) is 0 Å². The molecule has 0 aliphatic heterocycles. The van der Waals surface area contributed by atoms with Crippen LogP contribution in [-0.2, 0) is 18.0 Å². The topological polar surface area (TPSA) is 84.2 Å². The van der Waals surface area contributed by atoms with Crippen molar-refractivity contribution < 1.29 is 27.9 Å². The van der Waals surface area contributed by atoms with Crippen LogP contribution in [0.1, 0.15) is 16.1 Å². The molecule has 1 amide bonds. The van der Waals surface area contributed by atoms with E-state index < -0.39 is 40.2 Å². The van der Waals surface area contributed by atoms with Crippen molar-refractivity contribution in [2.75, 3.05) is 0 Å². The molecule has 1 aromatic rings. The molecule has 0 saturated heterocycles. The number of rotatable bonds is 3. The highest BCUT2D eigenvalue weighted by atomic mass is 35.5. The zero-order valence-corrected chi connectivity index (χ0v) is 13.4. The van der Waals surface area contributed by atoms with E-state index in [2.05, 4.69) is 10.4 Å². The molecule has 2 atom stereocenters. The number of alkyl halides is 4.